The molecule has 0 spiro atoms. The lowest BCUT2D eigenvalue weighted by atomic mass is 9.94. The SMILES string of the molecule is COc1cc(CCNC(=O)c2ccc3c(c2)C(=O)N(C2CCCCC2)C3=O)ccc1OC(F)F. The predicted molar refractivity (Wildman–Crippen MR) is 119 cm³/mol. The number of hydrogen-bond donors (Lipinski definition) is 1. The molecule has 9 heteroatoms. The summed E-state index contributed by atoms with van der Waals surface area (Å²) in [5.74, 6) is -0.881. The van der Waals surface area contributed by atoms with E-state index in [0.717, 1.165) is 37.7 Å². The van der Waals surface area contributed by atoms with Gasteiger partial charge in [-0.3, -0.25) is 19.3 Å². The van der Waals surface area contributed by atoms with E-state index in [4.69, 9.17) is 4.74 Å². The largest absolute Gasteiger partial charge is 0.493 e. The zero-order chi connectivity index (χ0) is 24.2. The maximum absolute atomic E-state index is 12.9. The second-order valence-corrected chi connectivity index (χ2v) is 8.40. The molecule has 1 saturated carbocycles. The Labute approximate surface area is 196 Å². The van der Waals surface area contributed by atoms with E-state index in [-0.39, 0.29) is 47.4 Å². The molecule has 0 aromatic heterocycles. The number of alkyl halides is 2. The maximum Gasteiger partial charge on any atom is 0.387 e. The van der Waals surface area contributed by atoms with Crippen LogP contribution >= 0.6 is 0 Å². The van der Waals surface area contributed by atoms with Gasteiger partial charge in [-0.25, -0.2) is 0 Å². The van der Waals surface area contributed by atoms with Gasteiger partial charge >= 0.3 is 6.61 Å². The van der Waals surface area contributed by atoms with E-state index in [2.05, 4.69) is 10.1 Å². The summed E-state index contributed by atoms with van der Waals surface area (Å²) in [6, 6.07) is 9.07. The van der Waals surface area contributed by atoms with Crippen LogP contribution in [0.25, 0.3) is 0 Å². The highest BCUT2D eigenvalue weighted by Gasteiger charge is 2.40. The molecule has 0 radical (unpaired) electrons. The van der Waals surface area contributed by atoms with Gasteiger partial charge in [-0.15, -0.1) is 0 Å². The van der Waals surface area contributed by atoms with Gasteiger partial charge in [0.1, 0.15) is 0 Å². The summed E-state index contributed by atoms with van der Waals surface area (Å²) >= 11 is 0. The van der Waals surface area contributed by atoms with Gasteiger partial charge in [0.05, 0.1) is 18.2 Å². The molecule has 180 valence electrons. The fourth-order valence-corrected chi connectivity index (χ4v) is 4.55. The molecule has 1 aliphatic heterocycles. The number of hydrogen-bond acceptors (Lipinski definition) is 5. The van der Waals surface area contributed by atoms with Crippen LogP contribution in [0, 0.1) is 0 Å². The number of rotatable bonds is 8. The summed E-state index contributed by atoms with van der Waals surface area (Å²) < 4.78 is 34.4. The topological polar surface area (TPSA) is 84.9 Å². The first kappa shape index (κ1) is 23.7. The minimum absolute atomic E-state index is 0.0649. The minimum atomic E-state index is -2.96. The quantitative estimate of drug-likeness (QED) is 0.582. The van der Waals surface area contributed by atoms with Crippen molar-refractivity contribution in [1.82, 2.24) is 10.2 Å². The molecule has 34 heavy (non-hydrogen) atoms. The summed E-state index contributed by atoms with van der Waals surface area (Å²) in [5, 5.41) is 2.78. The molecule has 0 unspecified atom stereocenters. The first-order valence-corrected chi connectivity index (χ1v) is 11.3. The third-order valence-corrected chi connectivity index (χ3v) is 6.26. The van der Waals surface area contributed by atoms with Gasteiger partial charge in [0.15, 0.2) is 11.5 Å². The van der Waals surface area contributed by atoms with Crippen molar-refractivity contribution < 1.29 is 32.6 Å². The fourth-order valence-electron chi connectivity index (χ4n) is 4.55. The van der Waals surface area contributed by atoms with Gasteiger partial charge in [0.2, 0.25) is 0 Å². The Morgan fingerprint density at radius 1 is 1.03 bits per heavy atom. The molecular formula is C25H26F2N2O5. The number of carbonyl (C=O) groups is 3. The Morgan fingerprint density at radius 2 is 1.76 bits per heavy atom. The number of nitrogens with zero attached hydrogens (tertiary/aromatic N) is 1. The van der Waals surface area contributed by atoms with Crippen molar-refractivity contribution in [3.8, 4) is 11.5 Å². The summed E-state index contributed by atoms with van der Waals surface area (Å²) in [7, 11) is 1.36. The number of fused-ring (bicyclic) bond motifs is 1. The number of carbonyl (C=O) groups excluding carboxylic acids is 3. The summed E-state index contributed by atoms with van der Waals surface area (Å²) in [6.07, 6.45) is 5.18. The standard InChI is InChI=1S/C25H26F2N2O5/c1-33-21-13-15(7-10-20(21)34-25(26)27)11-12-28-22(30)16-8-9-18-19(14-16)24(32)29(23(18)31)17-5-3-2-4-6-17/h7-10,13-14,17,25H,2-6,11-12H2,1H3,(H,28,30). The van der Waals surface area contributed by atoms with E-state index in [0.29, 0.717) is 17.5 Å². The molecule has 2 aliphatic rings. The van der Waals surface area contributed by atoms with Crippen LogP contribution in [-0.2, 0) is 6.42 Å². The summed E-state index contributed by atoms with van der Waals surface area (Å²) in [4.78, 5) is 39.8. The van der Waals surface area contributed by atoms with Crippen LogP contribution < -0.4 is 14.8 Å². The van der Waals surface area contributed by atoms with Gasteiger partial charge in [-0.05, 0) is 55.2 Å². The number of halogens is 2. The molecule has 0 saturated heterocycles. The monoisotopic (exact) mass is 472 g/mol. The molecule has 3 amide bonds. The van der Waals surface area contributed by atoms with E-state index in [1.165, 1.54) is 24.1 Å². The van der Waals surface area contributed by atoms with Crippen molar-refractivity contribution in [2.75, 3.05) is 13.7 Å². The lowest BCUT2D eigenvalue weighted by Gasteiger charge is -2.29. The number of imide groups is 1. The van der Waals surface area contributed by atoms with E-state index >= 15 is 0 Å². The van der Waals surface area contributed by atoms with Crippen LogP contribution in [0.5, 0.6) is 11.5 Å². The fraction of sp³-hybridized carbons (Fsp3) is 0.400. The van der Waals surface area contributed by atoms with Crippen molar-refractivity contribution in [1.29, 1.82) is 0 Å². The van der Waals surface area contributed by atoms with Crippen LogP contribution in [-0.4, -0.2) is 48.9 Å². The van der Waals surface area contributed by atoms with Gasteiger partial charge in [-0.1, -0.05) is 25.3 Å². The van der Waals surface area contributed by atoms with Gasteiger partial charge in [0, 0.05) is 18.2 Å². The van der Waals surface area contributed by atoms with Gasteiger partial charge in [-0.2, -0.15) is 8.78 Å². The predicted octanol–water partition coefficient (Wildman–Crippen LogP) is 4.20. The summed E-state index contributed by atoms with van der Waals surface area (Å²) in [5.41, 5.74) is 1.66. The van der Waals surface area contributed by atoms with Crippen molar-refractivity contribution in [3.63, 3.8) is 0 Å². The van der Waals surface area contributed by atoms with Crippen LogP contribution in [0.1, 0.15) is 68.7 Å². The molecule has 2 aromatic carbocycles. The van der Waals surface area contributed by atoms with Crippen LogP contribution in [0.15, 0.2) is 36.4 Å². The van der Waals surface area contributed by atoms with Crippen molar-refractivity contribution >= 4 is 17.7 Å². The Balaban J connectivity index is 1.38. The normalized spacial score (nSPS) is 16.1. The highest BCUT2D eigenvalue weighted by Crippen LogP contribution is 2.32. The second-order valence-electron chi connectivity index (χ2n) is 8.40. The van der Waals surface area contributed by atoms with Crippen LogP contribution in [0.3, 0.4) is 0 Å². The van der Waals surface area contributed by atoms with Crippen molar-refractivity contribution in [3.05, 3.63) is 58.7 Å². The number of benzene rings is 2. The van der Waals surface area contributed by atoms with E-state index in [1.807, 2.05) is 0 Å². The number of nitrogens with one attached hydrogen (secondary N) is 1. The third kappa shape index (κ3) is 4.88. The Kier molecular flexibility index (Phi) is 7.09. The summed E-state index contributed by atoms with van der Waals surface area (Å²) in [6.45, 7) is -2.68. The molecule has 7 nitrogen and oxygen atoms in total. The highest BCUT2D eigenvalue weighted by atomic mass is 19.3. The molecule has 1 N–H and O–H groups in total. The average Bonchev–Trinajstić information content (AvgIpc) is 3.09. The minimum Gasteiger partial charge on any atom is -0.493 e. The molecule has 4 rings (SSSR count). The number of ether oxygens (including phenoxy) is 2. The highest BCUT2D eigenvalue weighted by molar-refractivity contribution is 6.22. The van der Waals surface area contributed by atoms with E-state index in [1.54, 1.807) is 24.3 Å². The van der Waals surface area contributed by atoms with Crippen LogP contribution in [0.2, 0.25) is 0 Å². The van der Waals surface area contributed by atoms with Crippen LogP contribution in [0.4, 0.5) is 8.78 Å². The third-order valence-electron chi connectivity index (χ3n) is 6.26. The lowest BCUT2D eigenvalue weighted by Crippen LogP contribution is -2.40. The average molecular weight is 472 g/mol. The molecule has 0 atom stereocenters. The number of amides is 3. The van der Waals surface area contributed by atoms with Crippen molar-refractivity contribution in [2.24, 2.45) is 0 Å². The van der Waals surface area contributed by atoms with Gasteiger partial charge < -0.3 is 14.8 Å². The Morgan fingerprint density at radius 3 is 2.47 bits per heavy atom. The smallest absolute Gasteiger partial charge is 0.387 e. The zero-order valence-electron chi connectivity index (χ0n) is 18.8. The zero-order valence-corrected chi connectivity index (χ0v) is 18.8. The Bertz CT molecular complexity index is 1100. The lowest BCUT2D eigenvalue weighted by molar-refractivity contribution is -0.0512. The first-order chi connectivity index (χ1) is 16.4. The van der Waals surface area contributed by atoms with E-state index in [9.17, 15) is 23.2 Å². The Hall–Kier alpha value is -3.49. The molecule has 2 aromatic rings. The maximum atomic E-state index is 12.9. The second kappa shape index (κ2) is 10.2. The molecule has 1 fully saturated rings. The molecule has 1 aliphatic carbocycles. The number of methoxy groups -OCH3 is 1. The van der Waals surface area contributed by atoms with Gasteiger partial charge in [0.25, 0.3) is 17.7 Å². The molecule has 0 bridgehead atoms. The molecule has 1 heterocycles. The van der Waals surface area contributed by atoms with Crippen molar-refractivity contribution in [2.45, 2.75) is 51.2 Å². The first-order valence-electron chi connectivity index (χ1n) is 11.3. The molecular weight excluding hydrogens is 446 g/mol. The van der Waals surface area contributed by atoms with E-state index < -0.39 is 6.61 Å².